The van der Waals surface area contributed by atoms with Gasteiger partial charge in [0.05, 0.1) is 11.4 Å². The number of amides is 1. The molecular weight excluding hydrogens is 364 g/mol. The Kier molecular flexibility index (Phi) is 4.01. The van der Waals surface area contributed by atoms with Gasteiger partial charge in [-0.15, -0.1) is 5.10 Å². The van der Waals surface area contributed by atoms with Crippen molar-refractivity contribution in [3.8, 4) is 0 Å². The Balaban J connectivity index is 1.48. The lowest BCUT2D eigenvalue weighted by Gasteiger charge is -2.22. The van der Waals surface area contributed by atoms with E-state index >= 15 is 0 Å². The van der Waals surface area contributed by atoms with Gasteiger partial charge in [-0.05, 0) is 50.1 Å². The van der Waals surface area contributed by atoms with Crippen molar-refractivity contribution in [1.29, 1.82) is 0 Å². The maximum absolute atomic E-state index is 12.9. The van der Waals surface area contributed by atoms with Gasteiger partial charge in [0, 0.05) is 23.6 Å². The molecule has 0 atom stereocenters. The number of nitrogens with zero attached hydrogens (tertiary/aromatic N) is 5. The number of carbonyl (C=O) groups is 1. The van der Waals surface area contributed by atoms with E-state index in [2.05, 4.69) is 43.5 Å². The number of anilines is 3. The van der Waals surface area contributed by atoms with E-state index in [1.807, 2.05) is 50.2 Å². The fourth-order valence-corrected chi connectivity index (χ4v) is 3.84. The van der Waals surface area contributed by atoms with Crippen molar-refractivity contribution in [2.75, 3.05) is 16.8 Å². The summed E-state index contributed by atoms with van der Waals surface area (Å²) in [6.45, 7) is 4.69. The van der Waals surface area contributed by atoms with Gasteiger partial charge in [-0.1, -0.05) is 30.3 Å². The van der Waals surface area contributed by atoms with Crippen LogP contribution in [0.5, 0.6) is 0 Å². The summed E-state index contributed by atoms with van der Waals surface area (Å²) in [7, 11) is 0. The third-order valence-electron chi connectivity index (χ3n) is 5.15. The third-order valence-corrected chi connectivity index (χ3v) is 5.15. The number of rotatable bonds is 3. The van der Waals surface area contributed by atoms with Crippen LogP contribution in [0, 0.1) is 13.8 Å². The molecular formula is C22H20N6O. The van der Waals surface area contributed by atoms with E-state index in [-0.39, 0.29) is 11.7 Å². The Hall–Kier alpha value is -3.74. The summed E-state index contributed by atoms with van der Waals surface area (Å²) in [5, 5.41) is 7.31. The van der Waals surface area contributed by atoms with Crippen molar-refractivity contribution in [1.82, 2.24) is 19.6 Å². The van der Waals surface area contributed by atoms with Crippen molar-refractivity contribution in [3.63, 3.8) is 0 Å². The minimum absolute atomic E-state index is 0.0998. The van der Waals surface area contributed by atoms with Gasteiger partial charge >= 0.3 is 0 Å². The molecule has 0 aliphatic carbocycles. The fraction of sp³-hybridized carbons (Fsp3) is 0.182. The Labute approximate surface area is 168 Å². The van der Waals surface area contributed by atoms with Gasteiger partial charge in [0.1, 0.15) is 0 Å². The van der Waals surface area contributed by atoms with E-state index in [1.54, 1.807) is 4.52 Å². The number of nitrogens with one attached hydrogen (secondary N) is 1. The molecule has 5 rings (SSSR count). The van der Waals surface area contributed by atoms with Gasteiger partial charge in [-0.2, -0.15) is 4.98 Å². The summed E-state index contributed by atoms with van der Waals surface area (Å²) in [6.07, 6.45) is 0.983. The predicted molar refractivity (Wildman–Crippen MR) is 112 cm³/mol. The van der Waals surface area contributed by atoms with Crippen molar-refractivity contribution in [2.45, 2.75) is 20.3 Å². The lowest BCUT2D eigenvalue weighted by molar-refractivity contribution is 0.101. The van der Waals surface area contributed by atoms with Crippen molar-refractivity contribution in [2.24, 2.45) is 0 Å². The van der Waals surface area contributed by atoms with E-state index in [1.165, 1.54) is 11.3 Å². The smallest absolute Gasteiger partial charge is 0.295 e. The summed E-state index contributed by atoms with van der Waals surface area (Å²) in [5.74, 6) is 0.171. The molecule has 144 valence electrons. The van der Waals surface area contributed by atoms with Gasteiger partial charge in [-0.3, -0.25) is 4.79 Å². The molecule has 1 N–H and O–H groups in total. The second-order valence-corrected chi connectivity index (χ2v) is 7.19. The first kappa shape index (κ1) is 17.4. The third kappa shape index (κ3) is 3.00. The summed E-state index contributed by atoms with van der Waals surface area (Å²) in [6, 6.07) is 18.1. The molecule has 1 aliphatic rings. The van der Waals surface area contributed by atoms with Gasteiger partial charge < -0.3 is 10.2 Å². The molecule has 7 heteroatoms. The molecule has 0 bridgehead atoms. The minimum Gasteiger partial charge on any atom is -0.339 e. The molecule has 29 heavy (non-hydrogen) atoms. The zero-order valence-electron chi connectivity index (χ0n) is 16.3. The summed E-state index contributed by atoms with van der Waals surface area (Å²) >= 11 is 0. The molecule has 0 spiro atoms. The molecule has 0 unspecified atom stereocenters. The molecule has 0 saturated carbocycles. The highest BCUT2D eigenvalue weighted by Crippen LogP contribution is 2.38. The van der Waals surface area contributed by atoms with Gasteiger partial charge in [0.2, 0.25) is 5.82 Å². The zero-order chi connectivity index (χ0) is 20.0. The zero-order valence-corrected chi connectivity index (χ0v) is 16.3. The number of aromatic nitrogens is 4. The van der Waals surface area contributed by atoms with Crippen molar-refractivity contribution in [3.05, 3.63) is 77.4 Å². The lowest BCUT2D eigenvalue weighted by Crippen LogP contribution is -2.19. The van der Waals surface area contributed by atoms with Gasteiger partial charge in [0.15, 0.2) is 0 Å². The Morgan fingerprint density at radius 1 is 1.00 bits per heavy atom. The highest BCUT2D eigenvalue weighted by molar-refractivity contribution is 6.04. The van der Waals surface area contributed by atoms with E-state index in [0.29, 0.717) is 5.78 Å². The Morgan fingerprint density at radius 3 is 2.62 bits per heavy atom. The number of para-hydroxylation sites is 3. The van der Waals surface area contributed by atoms with Crippen molar-refractivity contribution >= 4 is 28.7 Å². The Bertz CT molecular complexity index is 1250. The quantitative estimate of drug-likeness (QED) is 0.583. The van der Waals surface area contributed by atoms with Crippen LogP contribution in [0.3, 0.4) is 0 Å². The highest BCUT2D eigenvalue weighted by Gasteiger charge is 2.23. The van der Waals surface area contributed by atoms with Crippen LogP contribution in [0.25, 0.3) is 5.78 Å². The van der Waals surface area contributed by atoms with Crippen LogP contribution in [0.15, 0.2) is 54.6 Å². The predicted octanol–water partition coefficient (Wildman–Crippen LogP) is 3.69. The molecule has 1 amide bonds. The standard InChI is InChI=1S/C22H20N6O/c1-14-13-15(2)28-22(23-14)25-20(26-28)21(29)24-17-8-4-6-10-19(17)27-12-11-16-7-3-5-9-18(16)27/h3-10,13H,11-12H2,1-2H3,(H,24,29). The maximum Gasteiger partial charge on any atom is 0.295 e. The van der Waals surface area contributed by atoms with E-state index in [9.17, 15) is 4.79 Å². The first-order valence-corrected chi connectivity index (χ1v) is 9.57. The van der Waals surface area contributed by atoms with Crippen LogP contribution in [0.1, 0.15) is 27.6 Å². The van der Waals surface area contributed by atoms with Crippen LogP contribution in [-0.4, -0.2) is 32.0 Å². The first-order valence-electron chi connectivity index (χ1n) is 9.57. The summed E-state index contributed by atoms with van der Waals surface area (Å²) in [5.41, 5.74) is 5.90. The van der Waals surface area contributed by atoms with Gasteiger partial charge in [-0.25, -0.2) is 9.50 Å². The number of hydrogen-bond acceptors (Lipinski definition) is 5. The molecule has 7 nitrogen and oxygen atoms in total. The number of carbonyl (C=O) groups excluding carboxylic acids is 1. The SMILES string of the molecule is Cc1cc(C)n2nc(C(=O)Nc3ccccc3N3CCc4ccccc43)nc2n1. The number of benzene rings is 2. The molecule has 2 aromatic heterocycles. The normalized spacial score (nSPS) is 13.0. The minimum atomic E-state index is -0.354. The average molecular weight is 384 g/mol. The molecule has 4 aromatic rings. The monoisotopic (exact) mass is 384 g/mol. The number of hydrogen-bond donors (Lipinski definition) is 1. The van der Waals surface area contributed by atoms with Crippen molar-refractivity contribution < 1.29 is 4.79 Å². The highest BCUT2D eigenvalue weighted by atomic mass is 16.2. The van der Waals surface area contributed by atoms with Crippen LogP contribution in [-0.2, 0) is 6.42 Å². The maximum atomic E-state index is 12.9. The Morgan fingerprint density at radius 2 is 1.76 bits per heavy atom. The van der Waals surface area contributed by atoms with E-state index in [0.717, 1.165) is 35.7 Å². The molecule has 0 fully saturated rings. The second kappa shape index (κ2) is 6.70. The first-order chi connectivity index (χ1) is 14.1. The summed E-state index contributed by atoms with van der Waals surface area (Å²) in [4.78, 5) is 23.8. The summed E-state index contributed by atoms with van der Waals surface area (Å²) < 4.78 is 1.59. The van der Waals surface area contributed by atoms with Crippen LogP contribution >= 0.6 is 0 Å². The van der Waals surface area contributed by atoms with Crippen LogP contribution < -0.4 is 10.2 Å². The fourth-order valence-electron chi connectivity index (χ4n) is 3.84. The molecule has 1 aliphatic heterocycles. The average Bonchev–Trinajstić information content (AvgIpc) is 3.33. The van der Waals surface area contributed by atoms with Crippen LogP contribution in [0.2, 0.25) is 0 Å². The molecule has 2 aromatic carbocycles. The van der Waals surface area contributed by atoms with Crippen LogP contribution in [0.4, 0.5) is 17.1 Å². The molecule has 0 radical (unpaired) electrons. The van der Waals surface area contributed by atoms with E-state index < -0.39 is 0 Å². The van der Waals surface area contributed by atoms with Gasteiger partial charge in [0.25, 0.3) is 11.7 Å². The lowest BCUT2D eigenvalue weighted by atomic mass is 10.2. The topological polar surface area (TPSA) is 75.4 Å². The molecule has 0 saturated heterocycles. The molecule has 3 heterocycles. The number of fused-ring (bicyclic) bond motifs is 2. The van der Waals surface area contributed by atoms with E-state index in [4.69, 9.17) is 0 Å². The second-order valence-electron chi connectivity index (χ2n) is 7.19. The largest absolute Gasteiger partial charge is 0.339 e. The number of aryl methyl sites for hydroxylation is 2.